The Labute approximate surface area is 109 Å². The number of azide groups is 1. The monoisotopic (exact) mass is 257 g/mol. The summed E-state index contributed by atoms with van der Waals surface area (Å²) in [5, 5.41) is 4.27. The minimum Gasteiger partial charge on any atom is -0.228 e. The Bertz CT molecular complexity index is 599. The van der Waals surface area contributed by atoms with Crippen molar-refractivity contribution in [3.05, 3.63) is 52.2 Å². The summed E-state index contributed by atoms with van der Waals surface area (Å²) < 4.78 is 0. The number of nitrogens with zero attached hydrogens (tertiary/aromatic N) is 5. The van der Waals surface area contributed by atoms with Crippen LogP contribution in [0.4, 0.5) is 5.69 Å². The van der Waals surface area contributed by atoms with Crippen LogP contribution in [0.5, 0.6) is 0 Å². The zero-order valence-corrected chi connectivity index (χ0v) is 10.8. The molecule has 0 amide bonds. The third kappa shape index (κ3) is 3.23. The smallest absolute Gasteiger partial charge is 0.192 e. The standard InChI is InChI=1S/C12H11N5S/c1-8-6-9(2)15-12(14-8)18-11-5-3-4-10(7-11)16-17-13/h3-7H,1-2H3. The Morgan fingerprint density at radius 2 is 1.89 bits per heavy atom. The van der Waals surface area contributed by atoms with Crippen molar-refractivity contribution in [3.63, 3.8) is 0 Å². The summed E-state index contributed by atoms with van der Waals surface area (Å²) in [5.41, 5.74) is 10.9. The van der Waals surface area contributed by atoms with Crippen LogP contribution in [0, 0.1) is 13.8 Å². The van der Waals surface area contributed by atoms with E-state index in [0.29, 0.717) is 10.8 Å². The van der Waals surface area contributed by atoms with E-state index in [9.17, 15) is 0 Å². The fourth-order valence-electron chi connectivity index (χ4n) is 1.51. The molecule has 1 heterocycles. The van der Waals surface area contributed by atoms with Gasteiger partial charge in [0.05, 0.1) is 0 Å². The molecule has 18 heavy (non-hydrogen) atoms. The summed E-state index contributed by atoms with van der Waals surface area (Å²) in [6.07, 6.45) is 0. The molecule has 90 valence electrons. The Hall–Kier alpha value is -2.04. The molecular weight excluding hydrogens is 246 g/mol. The first-order valence-corrected chi connectivity index (χ1v) is 6.14. The van der Waals surface area contributed by atoms with Crippen molar-refractivity contribution in [2.45, 2.75) is 23.9 Å². The molecule has 0 atom stereocenters. The van der Waals surface area contributed by atoms with Crippen LogP contribution in [0.1, 0.15) is 11.4 Å². The molecule has 0 aliphatic carbocycles. The van der Waals surface area contributed by atoms with E-state index in [1.807, 2.05) is 38.1 Å². The first kappa shape index (κ1) is 12.4. The molecule has 0 radical (unpaired) electrons. The molecule has 2 rings (SSSR count). The van der Waals surface area contributed by atoms with Crippen LogP contribution in [0.3, 0.4) is 0 Å². The SMILES string of the molecule is Cc1cc(C)nc(Sc2cccc(N=[N+]=[N-])c2)n1. The lowest BCUT2D eigenvalue weighted by atomic mass is 10.3. The van der Waals surface area contributed by atoms with Gasteiger partial charge in [-0.2, -0.15) is 0 Å². The van der Waals surface area contributed by atoms with Gasteiger partial charge in [0, 0.05) is 26.9 Å². The molecule has 0 saturated heterocycles. The van der Waals surface area contributed by atoms with E-state index in [1.54, 1.807) is 6.07 Å². The minimum absolute atomic E-state index is 0.590. The molecule has 5 nitrogen and oxygen atoms in total. The maximum atomic E-state index is 8.40. The molecule has 2 aromatic rings. The number of aromatic nitrogens is 2. The van der Waals surface area contributed by atoms with E-state index < -0.39 is 0 Å². The summed E-state index contributed by atoms with van der Waals surface area (Å²) in [5.74, 6) is 0. The highest BCUT2D eigenvalue weighted by atomic mass is 32.2. The van der Waals surface area contributed by atoms with Crippen LogP contribution in [0.2, 0.25) is 0 Å². The normalized spacial score (nSPS) is 9.89. The van der Waals surface area contributed by atoms with Gasteiger partial charge < -0.3 is 0 Å². The van der Waals surface area contributed by atoms with Crippen molar-refractivity contribution >= 4 is 17.4 Å². The second kappa shape index (κ2) is 5.53. The molecule has 6 heteroatoms. The average molecular weight is 257 g/mol. The van der Waals surface area contributed by atoms with Gasteiger partial charge in [0.15, 0.2) is 5.16 Å². The topological polar surface area (TPSA) is 74.5 Å². The summed E-state index contributed by atoms with van der Waals surface area (Å²) in [4.78, 5) is 12.4. The molecule has 0 unspecified atom stereocenters. The van der Waals surface area contributed by atoms with Crippen molar-refractivity contribution in [2.24, 2.45) is 5.11 Å². The number of hydrogen-bond acceptors (Lipinski definition) is 4. The van der Waals surface area contributed by atoms with Crippen LogP contribution >= 0.6 is 11.8 Å². The van der Waals surface area contributed by atoms with Gasteiger partial charge >= 0.3 is 0 Å². The van der Waals surface area contributed by atoms with Gasteiger partial charge in [-0.25, -0.2) is 9.97 Å². The molecule has 0 N–H and O–H groups in total. The van der Waals surface area contributed by atoms with E-state index >= 15 is 0 Å². The molecular formula is C12H11N5S. The predicted octanol–water partition coefficient (Wildman–Crippen LogP) is 4.19. The summed E-state index contributed by atoms with van der Waals surface area (Å²) in [6.45, 7) is 3.88. The predicted molar refractivity (Wildman–Crippen MR) is 70.9 cm³/mol. The first-order chi connectivity index (χ1) is 8.67. The lowest BCUT2D eigenvalue weighted by Gasteiger charge is -2.03. The van der Waals surface area contributed by atoms with Gasteiger partial charge in [-0.15, -0.1) is 0 Å². The second-order valence-electron chi connectivity index (χ2n) is 3.72. The van der Waals surface area contributed by atoms with E-state index in [4.69, 9.17) is 5.53 Å². The maximum absolute atomic E-state index is 8.40. The molecule has 0 spiro atoms. The molecule has 0 aliphatic heterocycles. The Balaban J connectivity index is 2.27. The van der Waals surface area contributed by atoms with E-state index in [-0.39, 0.29) is 0 Å². The van der Waals surface area contributed by atoms with Gasteiger partial charge in [0.2, 0.25) is 0 Å². The van der Waals surface area contributed by atoms with Gasteiger partial charge in [0.1, 0.15) is 0 Å². The first-order valence-electron chi connectivity index (χ1n) is 5.32. The number of rotatable bonds is 3. The van der Waals surface area contributed by atoms with E-state index in [1.165, 1.54) is 11.8 Å². The highest BCUT2D eigenvalue weighted by molar-refractivity contribution is 7.99. The number of aryl methyl sites for hydroxylation is 2. The van der Waals surface area contributed by atoms with Crippen molar-refractivity contribution in [1.82, 2.24) is 9.97 Å². The van der Waals surface area contributed by atoms with Gasteiger partial charge in [-0.3, -0.25) is 0 Å². The molecule has 1 aromatic carbocycles. The fraction of sp³-hybridized carbons (Fsp3) is 0.167. The third-order valence-electron chi connectivity index (χ3n) is 2.15. The largest absolute Gasteiger partial charge is 0.228 e. The number of hydrogen-bond donors (Lipinski definition) is 0. The van der Waals surface area contributed by atoms with Crippen LogP contribution < -0.4 is 0 Å². The quantitative estimate of drug-likeness (QED) is 0.358. The van der Waals surface area contributed by atoms with Crippen molar-refractivity contribution in [3.8, 4) is 0 Å². The van der Waals surface area contributed by atoms with Crippen LogP contribution in [-0.2, 0) is 0 Å². The van der Waals surface area contributed by atoms with Crippen LogP contribution in [-0.4, -0.2) is 9.97 Å². The van der Waals surface area contributed by atoms with Gasteiger partial charge in [-0.05, 0) is 49.3 Å². The fourth-order valence-corrected chi connectivity index (χ4v) is 2.42. The van der Waals surface area contributed by atoms with Crippen molar-refractivity contribution in [1.29, 1.82) is 0 Å². The zero-order valence-electron chi connectivity index (χ0n) is 10.0. The lowest BCUT2D eigenvalue weighted by molar-refractivity contribution is 0.902. The zero-order chi connectivity index (χ0) is 13.0. The van der Waals surface area contributed by atoms with E-state index in [0.717, 1.165) is 16.3 Å². The number of benzene rings is 1. The van der Waals surface area contributed by atoms with Crippen LogP contribution in [0.15, 0.2) is 45.5 Å². The average Bonchev–Trinajstić information content (AvgIpc) is 2.28. The highest BCUT2D eigenvalue weighted by Gasteiger charge is 2.03. The van der Waals surface area contributed by atoms with Crippen LogP contribution in [0.25, 0.3) is 10.4 Å². The lowest BCUT2D eigenvalue weighted by Crippen LogP contribution is -1.92. The molecule has 0 saturated carbocycles. The van der Waals surface area contributed by atoms with Gasteiger partial charge in [0.25, 0.3) is 0 Å². The highest BCUT2D eigenvalue weighted by Crippen LogP contribution is 2.28. The maximum Gasteiger partial charge on any atom is 0.192 e. The molecule has 1 aromatic heterocycles. The summed E-state index contributed by atoms with van der Waals surface area (Å²) in [6, 6.07) is 9.27. The second-order valence-corrected chi connectivity index (χ2v) is 4.76. The van der Waals surface area contributed by atoms with Gasteiger partial charge in [-0.1, -0.05) is 17.2 Å². The Kier molecular flexibility index (Phi) is 3.82. The molecule has 0 aliphatic rings. The van der Waals surface area contributed by atoms with Crippen molar-refractivity contribution < 1.29 is 0 Å². The Morgan fingerprint density at radius 1 is 1.17 bits per heavy atom. The van der Waals surface area contributed by atoms with Crippen molar-refractivity contribution in [2.75, 3.05) is 0 Å². The van der Waals surface area contributed by atoms with E-state index in [2.05, 4.69) is 20.0 Å². The minimum atomic E-state index is 0.590. The summed E-state index contributed by atoms with van der Waals surface area (Å²) >= 11 is 1.45. The summed E-state index contributed by atoms with van der Waals surface area (Å²) in [7, 11) is 0. The molecule has 0 fully saturated rings. The third-order valence-corrected chi connectivity index (χ3v) is 3.00. The Morgan fingerprint density at radius 3 is 2.56 bits per heavy atom. The molecule has 0 bridgehead atoms.